The highest BCUT2D eigenvalue weighted by molar-refractivity contribution is 5.85. The van der Waals surface area contributed by atoms with Crippen molar-refractivity contribution in [3.05, 3.63) is 0 Å². The van der Waals surface area contributed by atoms with Crippen molar-refractivity contribution < 1.29 is 4.79 Å². The molecule has 3 aliphatic rings. The number of halogens is 1. The van der Waals surface area contributed by atoms with Crippen LogP contribution in [0.5, 0.6) is 0 Å². The molecule has 1 heterocycles. The maximum atomic E-state index is 13.0. The van der Waals surface area contributed by atoms with E-state index in [-0.39, 0.29) is 18.4 Å². The van der Waals surface area contributed by atoms with Crippen LogP contribution < -0.4 is 5.73 Å². The van der Waals surface area contributed by atoms with Crippen molar-refractivity contribution in [1.29, 1.82) is 0 Å². The topological polar surface area (TPSA) is 46.3 Å². The molecule has 2 saturated carbocycles. The van der Waals surface area contributed by atoms with Gasteiger partial charge in [-0.1, -0.05) is 32.6 Å². The number of carbonyl (C=O) groups excluding carboxylic acids is 1. The van der Waals surface area contributed by atoms with Gasteiger partial charge in [0.05, 0.1) is 0 Å². The smallest absolute Gasteiger partial charge is 0.225 e. The fourth-order valence-corrected chi connectivity index (χ4v) is 5.21. The van der Waals surface area contributed by atoms with Crippen molar-refractivity contribution in [3.63, 3.8) is 0 Å². The van der Waals surface area contributed by atoms with Gasteiger partial charge < -0.3 is 10.6 Å². The zero-order chi connectivity index (χ0) is 14.8. The van der Waals surface area contributed by atoms with Crippen LogP contribution in [0.3, 0.4) is 0 Å². The monoisotopic (exact) mass is 328 g/mol. The molecule has 0 aromatic carbocycles. The second-order valence-electron chi connectivity index (χ2n) is 7.77. The first-order valence-electron chi connectivity index (χ1n) is 9.21. The van der Waals surface area contributed by atoms with Crippen LogP contribution in [0, 0.1) is 23.7 Å². The van der Waals surface area contributed by atoms with Gasteiger partial charge in [-0.2, -0.15) is 0 Å². The van der Waals surface area contributed by atoms with Crippen LogP contribution in [0.2, 0.25) is 0 Å². The van der Waals surface area contributed by atoms with Crippen LogP contribution in [0.15, 0.2) is 0 Å². The molecule has 2 aliphatic carbocycles. The molecule has 0 radical (unpaired) electrons. The number of amides is 1. The summed E-state index contributed by atoms with van der Waals surface area (Å²) in [5.41, 5.74) is 5.96. The third kappa shape index (κ3) is 3.62. The predicted molar refractivity (Wildman–Crippen MR) is 93.0 cm³/mol. The summed E-state index contributed by atoms with van der Waals surface area (Å²) in [4.78, 5) is 15.2. The number of hydrogen-bond donors (Lipinski definition) is 1. The normalized spacial score (nSPS) is 38.8. The molecule has 128 valence electrons. The van der Waals surface area contributed by atoms with Crippen LogP contribution in [-0.2, 0) is 4.79 Å². The highest BCUT2D eigenvalue weighted by Crippen LogP contribution is 2.43. The Morgan fingerprint density at radius 3 is 2.50 bits per heavy atom. The number of piperidine rings is 1. The summed E-state index contributed by atoms with van der Waals surface area (Å²) < 4.78 is 0. The molecule has 3 nitrogen and oxygen atoms in total. The Labute approximate surface area is 141 Å². The Bertz CT molecular complexity index is 376. The number of likely N-dealkylation sites (tertiary alicyclic amines) is 1. The highest BCUT2D eigenvalue weighted by atomic mass is 35.5. The maximum absolute atomic E-state index is 13.0. The van der Waals surface area contributed by atoms with E-state index in [1.54, 1.807) is 0 Å². The van der Waals surface area contributed by atoms with Crippen molar-refractivity contribution in [2.45, 2.75) is 70.8 Å². The first kappa shape index (κ1) is 18.1. The van der Waals surface area contributed by atoms with Gasteiger partial charge in [0.1, 0.15) is 0 Å². The Morgan fingerprint density at radius 1 is 1.05 bits per heavy atom. The molecule has 1 saturated heterocycles. The Kier molecular flexibility index (Phi) is 6.58. The number of carbonyl (C=O) groups is 1. The Balaban J connectivity index is 0.00000176. The Morgan fingerprint density at radius 2 is 1.77 bits per heavy atom. The molecule has 5 atom stereocenters. The minimum Gasteiger partial charge on any atom is -0.338 e. The van der Waals surface area contributed by atoms with Crippen molar-refractivity contribution >= 4 is 18.3 Å². The fraction of sp³-hybridized carbons (Fsp3) is 0.944. The SMILES string of the molecule is CC1CCCN(C(=O)C2CCC3CCCCC3C2)C1CN.Cl. The number of nitrogens with two attached hydrogens (primary N) is 1. The summed E-state index contributed by atoms with van der Waals surface area (Å²) >= 11 is 0. The maximum Gasteiger partial charge on any atom is 0.225 e. The van der Waals surface area contributed by atoms with E-state index in [1.165, 1.54) is 38.5 Å². The molecule has 0 bridgehead atoms. The first-order chi connectivity index (χ1) is 10.2. The lowest BCUT2D eigenvalue weighted by Gasteiger charge is -2.44. The summed E-state index contributed by atoms with van der Waals surface area (Å²) in [6.45, 7) is 3.83. The van der Waals surface area contributed by atoms with Gasteiger partial charge in [-0.15, -0.1) is 12.4 Å². The molecule has 2 N–H and O–H groups in total. The minimum absolute atomic E-state index is 0. The van der Waals surface area contributed by atoms with Crippen molar-refractivity contribution in [2.75, 3.05) is 13.1 Å². The van der Waals surface area contributed by atoms with E-state index >= 15 is 0 Å². The summed E-state index contributed by atoms with van der Waals surface area (Å²) in [5.74, 6) is 3.05. The van der Waals surface area contributed by atoms with Crippen LogP contribution >= 0.6 is 12.4 Å². The van der Waals surface area contributed by atoms with E-state index in [0.29, 0.717) is 24.3 Å². The van der Waals surface area contributed by atoms with Crippen LogP contribution in [0.25, 0.3) is 0 Å². The molecule has 0 aromatic heterocycles. The van der Waals surface area contributed by atoms with Gasteiger partial charge in [0, 0.05) is 25.0 Å². The van der Waals surface area contributed by atoms with E-state index in [2.05, 4.69) is 11.8 Å². The van der Waals surface area contributed by atoms with Gasteiger partial charge in [0.25, 0.3) is 0 Å². The van der Waals surface area contributed by atoms with Gasteiger partial charge in [0.15, 0.2) is 0 Å². The zero-order valence-corrected chi connectivity index (χ0v) is 14.8. The number of rotatable bonds is 2. The van der Waals surface area contributed by atoms with Crippen LogP contribution in [0.1, 0.15) is 64.7 Å². The lowest BCUT2D eigenvalue weighted by Crippen LogP contribution is -2.53. The lowest BCUT2D eigenvalue weighted by molar-refractivity contribution is -0.142. The molecule has 1 aliphatic heterocycles. The molecule has 22 heavy (non-hydrogen) atoms. The number of nitrogens with zero attached hydrogens (tertiary/aromatic N) is 1. The van der Waals surface area contributed by atoms with Gasteiger partial charge in [-0.3, -0.25) is 4.79 Å². The third-order valence-electron chi connectivity index (χ3n) is 6.53. The van der Waals surface area contributed by atoms with Crippen molar-refractivity contribution in [2.24, 2.45) is 29.4 Å². The Hall–Kier alpha value is -0.280. The number of hydrogen-bond acceptors (Lipinski definition) is 2. The molecule has 4 heteroatoms. The molecule has 1 amide bonds. The minimum atomic E-state index is 0. The van der Waals surface area contributed by atoms with Gasteiger partial charge in [-0.05, 0) is 49.9 Å². The first-order valence-corrected chi connectivity index (χ1v) is 9.21. The van der Waals surface area contributed by atoms with Crippen LogP contribution in [0.4, 0.5) is 0 Å². The highest BCUT2D eigenvalue weighted by Gasteiger charge is 2.39. The van der Waals surface area contributed by atoms with Crippen LogP contribution in [-0.4, -0.2) is 29.9 Å². The molecule has 5 unspecified atom stereocenters. The van der Waals surface area contributed by atoms with E-state index in [1.807, 2.05) is 0 Å². The quantitative estimate of drug-likeness (QED) is 0.841. The second-order valence-corrected chi connectivity index (χ2v) is 7.77. The predicted octanol–water partition coefficient (Wildman–Crippen LogP) is 3.60. The van der Waals surface area contributed by atoms with E-state index in [4.69, 9.17) is 5.73 Å². The van der Waals surface area contributed by atoms with Crippen molar-refractivity contribution in [3.8, 4) is 0 Å². The molecular weight excluding hydrogens is 296 g/mol. The lowest BCUT2D eigenvalue weighted by atomic mass is 9.67. The number of fused-ring (bicyclic) bond motifs is 1. The fourth-order valence-electron chi connectivity index (χ4n) is 5.21. The van der Waals surface area contributed by atoms with Gasteiger partial charge in [0.2, 0.25) is 5.91 Å². The average Bonchev–Trinajstić information content (AvgIpc) is 2.53. The molecule has 3 rings (SSSR count). The molecule has 3 fully saturated rings. The van der Waals surface area contributed by atoms with E-state index in [0.717, 1.165) is 37.6 Å². The third-order valence-corrected chi connectivity index (χ3v) is 6.53. The standard InChI is InChI=1S/C18H32N2O.ClH/c1-13-5-4-10-20(17(13)12-19)18(21)16-9-8-14-6-2-3-7-15(14)11-16;/h13-17H,2-12,19H2,1H3;1H. The molecule has 0 spiro atoms. The van der Waals surface area contributed by atoms with Crippen molar-refractivity contribution in [1.82, 2.24) is 4.90 Å². The summed E-state index contributed by atoms with van der Waals surface area (Å²) in [5, 5.41) is 0. The van der Waals surface area contributed by atoms with Gasteiger partial charge >= 0.3 is 0 Å². The van der Waals surface area contributed by atoms with E-state index in [9.17, 15) is 4.79 Å². The summed E-state index contributed by atoms with van der Waals surface area (Å²) in [7, 11) is 0. The molecular formula is C18H33ClN2O. The summed E-state index contributed by atoms with van der Waals surface area (Å²) in [6, 6.07) is 0.287. The van der Waals surface area contributed by atoms with Gasteiger partial charge in [-0.25, -0.2) is 0 Å². The summed E-state index contributed by atoms with van der Waals surface area (Å²) in [6.07, 6.45) is 11.5. The average molecular weight is 329 g/mol. The molecule has 0 aromatic rings. The van der Waals surface area contributed by atoms with E-state index < -0.39 is 0 Å². The zero-order valence-electron chi connectivity index (χ0n) is 14.0. The second kappa shape index (κ2) is 8.01. The largest absolute Gasteiger partial charge is 0.338 e.